The second-order valence-corrected chi connectivity index (χ2v) is 1.45. The largest absolute Gasteiger partial charge is 0.394 e. The van der Waals surface area contributed by atoms with Crippen LogP contribution in [0.15, 0.2) is 0 Å². The molecule has 50 valence electrons. The Labute approximate surface area is 50.6 Å². The van der Waals surface area contributed by atoms with Crippen molar-refractivity contribution in [2.75, 3.05) is 6.61 Å². The van der Waals surface area contributed by atoms with Gasteiger partial charge in [0.15, 0.2) is 0 Å². The minimum Gasteiger partial charge on any atom is -0.394 e. The predicted molar refractivity (Wildman–Crippen MR) is 25.9 cm³/mol. The Morgan fingerprint density at radius 1 is 1.62 bits per heavy atom. The molecule has 1 atom stereocenters. The van der Waals surface area contributed by atoms with Gasteiger partial charge in [-0.05, 0) is 11.8 Å². The second kappa shape index (κ2) is 4.00. The van der Waals surface area contributed by atoms with Gasteiger partial charge in [-0.1, -0.05) is 0 Å². The molecule has 0 rings (SSSR count). The molecular formula is C3H6ClF2NO. The molecule has 2 nitrogen and oxygen atoms in total. The van der Waals surface area contributed by atoms with Crippen LogP contribution in [-0.4, -0.2) is 24.2 Å². The molecule has 0 aromatic carbocycles. The summed E-state index contributed by atoms with van der Waals surface area (Å²) in [4.78, 5) is 1.72. The number of nitrogens with one attached hydrogen (secondary N) is 1. The second-order valence-electron chi connectivity index (χ2n) is 1.23. The van der Waals surface area contributed by atoms with Crippen LogP contribution in [0.3, 0.4) is 0 Å². The monoisotopic (exact) mass is 145 g/mol. The Balaban J connectivity index is 3.35. The van der Waals surface area contributed by atoms with E-state index >= 15 is 0 Å². The van der Waals surface area contributed by atoms with Crippen LogP contribution in [0.25, 0.3) is 0 Å². The fourth-order valence-corrected chi connectivity index (χ4v) is 0.326. The fourth-order valence-electron chi connectivity index (χ4n) is 0.162. The van der Waals surface area contributed by atoms with Crippen LogP contribution in [0, 0.1) is 0 Å². The van der Waals surface area contributed by atoms with E-state index in [1.165, 1.54) is 0 Å². The average molecular weight is 146 g/mol. The third kappa shape index (κ3) is 2.40. The maximum atomic E-state index is 11.4. The molecule has 0 aliphatic heterocycles. The van der Waals surface area contributed by atoms with Crippen molar-refractivity contribution in [1.29, 1.82) is 0 Å². The number of hydrogen-bond acceptors (Lipinski definition) is 2. The zero-order chi connectivity index (χ0) is 6.57. The van der Waals surface area contributed by atoms with E-state index in [9.17, 15) is 8.78 Å². The van der Waals surface area contributed by atoms with Gasteiger partial charge < -0.3 is 5.11 Å². The summed E-state index contributed by atoms with van der Waals surface area (Å²) in [7, 11) is 0. The first kappa shape index (κ1) is 8.07. The lowest BCUT2D eigenvalue weighted by Crippen LogP contribution is -2.32. The lowest BCUT2D eigenvalue weighted by Gasteiger charge is -2.07. The highest BCUT2D eigenvalue weighted by atomic mass is 35.5. The molecule has 0 aromatic rings. The molecule has 0 bridgehead atoms. The Hall–Kier alpha value is 0.0700. The third-order valence-corrected chi connectivity index (χ3v) is 0.921. The Morgan fingerprint density at radius 2 is 2.12 bits per heavy atom. The van der Waals surface area contributed by atoms with Gasteiger partial charge in [-0.15, -0.1) is 0 Å². The van der Waals surface area contributed by atoms with Crippen molar-refractivity contribution in [3.8, 4) is 0 Å². The molecular weight excluding hydrogens is 139 g/mol. The van der Waals surface area contributed by atoms with Gasteiger partial charge in [0, 0.05) is 0 Å². The smallest absolute Gasteiger partial charge is 0.257 e. The highest BCUT2D eigenvalue weighted by Crippen LogP contribution is 1.99. The summed E-state index contributed by atoms with van der Waals surface area (Å²) in [5, 5.41) is 8.07. The zero-order valence-corrected chi connectivity index (χ0v) is 4.70. The van der Waals surface area contributed by atoms with Crippen molar-refractivity contribution in [3.63, 3.8) is 0 Å². The third-order valence-electron chi connectivity index (χ3n) is 0.641. The number of alkyl halides is 2. The first-order valence-corrected chi connectivity index (χ1v) is 2.35. The van der Waals surface area contributed by atoms with Gasteiger partial charge in [0.1, 0.15) is 6.04 Å². The molecule has 0 amide bonds. The first-order valence-electron chi connectivity index (χ1n) is 1.97. The molecule has 0 unspecified atom stereocenters. The summed E-state index contributed by atoms with van der Waals surface area (Å²) < 4.78 is 22.8. The SMILES string of the molecule is OC[C@H](NCl)C(F)F. The topological polar surface area (TPSA) is 32.3 Å². The minimum absolute atomic E-state index is 0.652. The van der Waals surface area contributed by atoms with Crippen LogP contribution in [0.4, 0.5) is 8.78 Å². The number of hydrogen-bond donors (Lipinski definition) is 2. The van der Waals surface area contributed by atoms with Crippen molar-refractivity contribution >= 4 is 11.8 Å². The molecule has 0 radical (unpaired) electrons. The van der Waals surface area contributed by atoms with Crippen LogP contribution in [0.5, 0.6) is 0 Å². The van der Waals surface area contributed by atoms with E-state index in [0.717, 1.165) is 0 Å². The summed E-state index contributed by atoms with van der Waals surface area (Å²) >= 11 is 4.77. The quantitative estimate of drug-likeness (QED) is 0.562. The molecule has 0 saturated carbocycles. The highest BCUT2D eigenvalue weighted by Gasteiger charge is 2.16. The molecule has 0 spiro atoms. The van der Waals surface area contributed by atoms with Crippen molar-refractivity contribution in [1.82, 2.24) is 4.84 Å². The molecule has 8 heavy (non-hydrogen) atoms. The van der Waals surface area contributed by atoms with Gasteiger partial charge in [-0.3, -0.25) is 0 Å². The van der Waals surface area contributed by atoms with Crippen LogP contribution in [0.1, 0.15) is 0 Å². The van der Waals surface area contributed by atoms with E-state index in [1.54, 1.807) is 4.84 Å². The van der Waals surface area contributed by atoms with Crippen molar-refractivity contribution in [2.45, 2.75) is 12.5 Å². The van der Waals surface area contributed by atoms with E-state index in [2.05, 4.69) is 0 Å². The summed E-state index contributed by atoms with van der Waals surface area (Å²) in [5.74, 6) is 0. The summed E-state index contributed by atoms with van der Waals surface area (Å²) in [6.45, 7) is -0.652. The maximum absolute atomic E-state index is 11.4. The molecule has 0 aliphatic rings. The van der Waals surface area contributed by atoms with Gasteiger partial charge in [0.25, 0.3) is 6.43 Å². The molecule has 0 aromatic heterocycles. The molecule has 0 saturated heterocycles. The van der Waals surface area contributed by atoms with Gasteiger partial charge in [-0.25, -0.2) is 13.6 Å². The predicted octanol–water partition coefficient (Wildman–Crippen LogP) is 0.356. The van der Waals surface area contributed by atoms with E-state index in [4.69, 9.17) is 16.9 Å². The Morgan fingerprint density at radius 3 is 2.12 bits per heavy atom. The summed E-state index contributed by atoms with van der Waals surface area (Å²) in [5.41, 5.74) is 0. The Bertz CT molecular complexity index is 59.2. The van der Waals surface area contributed by atoms with E-state index in [-0.39, 0.29) is 0 Å². The number of halogens is 3. The lowest BCUT2D eigenvalue weighted by atomic mass is 10.4. The maximum Gasteiger partial charge on any atom is 0.257 e. The normalized spacial score (nSPS) is 14.6. The first-order chi connectivity index (χ1) is 3.72. The number of aliphatic hydroxyl groups is 1. The van der Waals surface area contributed by atoms with E-state index in [0.29, 0.717) is 0 Å². The number of aliphatic hydroxyl groups excluding tert-OH is 1. The van der Waals surface area contributed by atoms with Crippen molar-refractivity contribution in [3.05, 3.63) is 0 Å². The van der Waals surface area contributed by atoms with Crippen molar-refractivity contribution < 1.29 is 13.9 Å². The highest BCUT2D eigenvalue weighted by molar-refractivity contribution is 6.13. The summed E-state index contributed by atoms with van der Waals surface area (Å²) in [6, 6.07) is -1.31. The van der Waals surface area contributed by atoms with Crippen LogP contribution in [0.2, 0.25) is 0 Å². The van der Waals surface area contributed by atoms with Crippen LogP contribution in [-0.2, 0) is 0 Å². The molecule has 0 aliphatic carbocycles. The summed E-state index contributed by atoms with van der Waals surface area (Å²) in [6.07, 6.45) is -2.61. The molecule has 2 N–H and O–H groups in total. The number of rotatable bonds is 3. The average Bonchev–Trinajstić information content (AvgIpc) is 1.69. The van der Waals surface area contributed by atoms with E-state index < -0.39 is 19.1 Å². The minimum atomic E-state index is -2.61. The zero-order valence-electron chi connectivity index (χ0n) is 3.94. The van der Waals surface area contributed by atoms with Crippen LogP contribution >= 0.6 is 11.8 Å². The van der Waals surface area contributed by atoms with Gasteiger partial charge >= 0.3 is 0 Å². The van der Waals surface area contributed by atoms with E-state index in [1.807, 2.05) is 0 Å². The lowest BCUT2D eigenvalue weighted by molar-refractivity contribution is 0.0766. The Kier molecular flexibility index (Phi) is 4.03. The van der Waals surface area contributed by atoms with Crippen molar-refractivity contribution in [2.24, 2.45) is 0 Å². The van der Waals surface area contributed by atoms with Crippen LogP contribution < -0.4 is 4.84 Å². The fraction of sp³-hybridized carbons (Fsp3) is 1.00. The molecule has 0 fully saturated rings. The van der Waals surface area contributed by atoms with Gasteiger partial charge in [0.05, 0.1) is 6.61 Å². The molecule has 0 heterocycles. The van der Waals surface area contributed by atoms with Gasteiger partial charge in [0.2, 0.25) is 0 Å². The molecule has 5 heteroatoms. The standard InChI is InChI=1S/C3H6ClF2NO/c4-7-2(1-8)3(5)6/h2-3,7-8H,1H2/t2-/m0/s1. The van der Waals surface area contributed by atoms with Gasteiger partial charge in [-0.2, -0.15) is 0 Å².